The molecular formula is C18H20N6O. The first-order valence-corrected chi connectivity index (χ1v) is 7.98. The molecule has 1 unspecified atom stereocenters. The molecule has 0 saturated carbocycles. The SMILES string of the molecule is CC(C(=O)Nc1ccc(N(C)C)cc1)n1nnc(-c2ccccc2)n1. The van der Waals surface area contributed by atoms with Gasteiger partial charge in [-0.2, -0.15) is 4.80 Å². The molecule has 2 aromatic carbocycles. The summed E-state index contributed by atoms with van der Waals surface area (Å²) in [5.74, 6) is 0.296. The van der Waals surface area contributed by atoms with Gasteiger partial charge in [0.2, 0.25) is 5.82 Å². The molecule has 128 valence electrons. The van der Waals surface area contributed by atoms with E-state index in [0.29, 0.717) is 5.82 Å². The number of tetrazole rings is 1. The lowest BCUT2D eigenvalue weighted by molar-refractivity contribution is -0.119. The van der Waals surface area contributed by atoms with Crippen molar-refractivity contribution < 1.29 is 4.79 Å². The molecule has 0 spiro atoms. The van der Waals surface area contributed by atoms with Crippen LogP contribution in [0.2, 0.25) is 0 Å². The molecule has 0 fully saturated rings. The summed E-state index contributed by atoms with van der Waals surface area (Å²) in [6.45, 7) is 1.74. The van der Waals surface area contributed by atoms with Crippen LogP contribution < -0.4 is 10.2 Å². The number of nitrogens with zero attached hydrogens (tertiary/aromatic N) is 5. The molecule has 1 N–H and O–H groups in total. The van der Waals surface area contributed by atoms with Crippen LogP contribution >= 0.6 is 0 Å². The van der Waals surface area contributed by atoms with Crippen LogP contribution in [0.1, 0.15) is 13.0 Å². The average molecular weight is 336 g/mol. The maximum atomic E-state index is 12.4. The highest BCUT2D eigenvalue weighted by atomic mass is 16.2. The smallest absolute Gasteiger partial charge is 0.250 e. The van der Waals surface area contributed by atoms with Gasteiger partial charge in [-0.3, -0.25) is 4.79 Å². The number of hydrogen-bond acceptors (Lipinski definition) is 5. The summed E-state index contributed by atoms with van der Waals surface area (Å²) in [5, 5.41) is 15.2. The van der Waals surface area contributed by atoms with Gasteiger partial charge in [0.1, 0.15) is 6.04 Å². The van der Waals surface area contributed by atoms with Crippen LogP contribution in [-0.4, -0.2) is 40.2 Å². The van der Waals surface area contributed by atoms with Crippen molar-refractivity contribution in [2.75, 3.05) is 24.3 Å². The highest BCUT2D eigenvalue weighted by Crippen LogP contribution is 2.18. The second kappa shape index (κ2) is 7.12. The summed E-state index contributed by atoms with van der Waals surface area (Å²) in [5.41, 5.74) is 2.66. The van der Waals surface area contributed by atoms with Gasteiger partial charge in [0.15, 0.2) is 0 Å². The Morgan fingerprint density at radius 2 is 1.76 bits per heavy atom. The van der Waals surface area contributed by atoms with Crippen molar-refractivity contribution in [1.29, 1.82) is 0 Å². The number of nitrogens with one attached hydrogen (secondary N) is 1. The van der Waals surface area contributed by atoms with E-state index in [-0.39, 0.29) is 5.91 Å². The molecule has 25 heavy (non-hydrogen) atoms. The quantitative estimate of drug-likeness (QED) is 0.775. The third kappa shape index (κ3) is 3.82. The maximum Gasteiger partial charge on any atom is 0.250 e. The third-order valence-corrected chi connectivity index (χ3v) is 3.84. The first-order chi connectivity index (χ1) is 12.0. The lowest BCUT2D eigenvalue weighted by Crippen LogP contribution is -2.25. The number of carbonyl (C=O) groups excluding carboxylic acids is 1. The molecule has 0 radical (unpaired) electrons. The van der Waals surface area contributed by atoms with Crippen LogP contribution in [0.4, 0.5) is 11.4 Å². The molecule has 0 bridgehead atoms. The van der Waals surface area contributed by atoms with E-state index < -0.39 is 6.04 Å². The number of benzene rings is 2. The van der Waals surface area contributed by atoms with E-state index in [4.69, 9.17) is 0 Å². The summed E-state index contributed by atoms with van der Waals surface area (Å²) in [6.07, 6.45) is 0. The van der Waals surface area contributed by atoms with Crippen molar-refractivity contribution in [3.63, 3.8) is 0 Å². The molecule has 3 rings (SSSR count). The summed E-state index contributed by atoms with van der Waals surface area (Å²) < 4.78 is 0. The second-order valence-corrected chi connectivity index (χ2v) is 5.91. The van der Waals surface area contributed by atoms with Crippen LogP contribution in [0.5, 0.6) is 0 Å². The second-order valence-electron chi connectivity index (χ2n) is 5.91. The van der Waals surface area contributed by atoms with Gasteiger partial charge in [0.25, 0.3) is 5.91 Å². The zero-order chi connectivity index (χ0) is 17.8. The molecule has 0 aliphatic carbocycles. The molecule has 0 aliphatic heterocycles. The Hall–Kier alpha value is -3.22. The van der Waals surface area contributed by atoms with E-state index in [1.807, 2.05) is 73.6 Å². The minimum Gasteiger partial charge on any atom is -0.378 e. The van der Waals surface area contributed by atoms with Gasteiger partial charge in [-0.15, -0.1) is 10.2 Å². The Morgan fingerprint density at radius 1 is 1.08 bits per heavy atom. The molecule has 1 aromatic heterocycles. The first kappa shape index (κ1) is 16.6. The normalized spacial score (nSPS) is 11.8. The van der Waals surface area contributed by atoms with E-state index in [0.717, 1.165) is 16.9 Å². The minimum absolute atomic E-state index is 0.199. The largest absolute Gasteiger partial charge is 0.378 e. The van der Waals surface area contributed by atoms with Gasteiger partial charge >= 0.3 is 0 Å². The van der Waals surface area contributed by atoms with Crippen LogP contribution in [0.15, 0.2) is 54.6 Å². The number of carbonyl (C=O) groups is 1. The molecule has 7 nitrogen and oxygen atoms in total. The van der Waals surface area contributed by atoms with E-state index in [1.54, 1.807) is 6.92 Å². The minimum atomic E-state index is -0.571. The van der Waals surface area contributed by atoms with Crippen molar-refractivity contribution >= 4 is 17.3 Å². The monoisotopic (exact) mass is 336 g/mol. The Bertz CT molecular complexity index is 842. The van der Waals surface area contributed by atoms with Crippen molar-refractivity contribution in [1.82, 2.24) is 20.2 Å². The van der Waals surface area contributed by atoms with Crippen molar-refractivity contribution in [3.8, 4) is 11.4 Å². The molecule has 1 heterocycles. The molecule has 0 aliphatic rings. The summed E-state index contributed by atoms with van der Waals surface area (Å²) >= 11 is 0. The molecule has 0 saturated heterocycles. The maximum absolute atomic E-state index is 12.4. The zero-order valence-electron chi connectivity index (χ0n) is 14.4. The Morgan fingerprint density at radius 3 is 2.40 bits per heavy atom. The number of rotatable bonds is 5. The van der Waals surface area contributed by atoms with Gasteiger partial charge in [0, 0.05) is 31.0 Å². The molecule has 1 amide bonds. The molecule has 7 heteroatoms. The predicted octanol–water partition coefficient (Wildman–Crippen LogP) is 2.61. The Labute approximate surface area is 146 Å². The zero-order valence-corrected chi connectivity index (χ0v) is 14.4. The van der Waals surface area contributed by atoms with Crippen LogP contribution in [-0.2, 0) is 4.79 Å². The van der Waals surface area contributed by atoms with Gasteiger partial charge in [0.05, 0.1) is 0 Å². The van der Waals surface area contributed by atoms with Crippen molar-refractivity contribution in [3.05, 3.63) is 54.6 Å². The highest BCUT2D eigenvalue weighted by Gasteiger charge is 2.19. The molecule has 3 aromatic rings. The van der Waals surface area contributed by atoms with Crippen LogP contribution in [0.25, 0.3) is 11.4 Å². The van der Waals surface area contributed by atoms with E-state index in [1.165, 1.54) is 4.80 Å². The lowest BCUT2D eigenvalue weighted by atomic mass is 10.2. The number of hydrogen-bond donors (Lipinski definition) is 1. The summed E-state index contributed by atoms with van der Waals surface area (Å²) in [7, 11) is 3.94. The number of aromatic nitrogens is 4. The van der Waals surface area contributed by atoms with E-state index in [9.17, 15) is 4.79 Å². The predicted molar refractivity (Wildman–Crippen MR) is 97.4 cm³/mol. The third-order valence-electron chi connectivity index (χ3n) is 3.84. The fraction of sp³-hybridized carbons (Fsp3) is 0.222. The van der Waals surface area contributed by atoms with E-state index in [2.05, 4.69) is 20.7 Å². The molecule has 1 atom stereocenters. The summed E-state index contributed by atoms with van der Waals surface area (Å²) in [6, 6.07) is 16.6. The van der Waals surface area contributed by atoms with Crippen molar-refractivity contribution in [2.24, 2.45) is 0 Å². The number of anilines is 2. The Kier molecular flexibility index (Phi) is 4.74. The van der Waals surface area contributed by atoms with Gasteiger partial charge in [-0.25, -0.2) is 0 Å². The lowest BCUT2D eigenvalue weighted by Gasteiger charge is -2.14. The highest BCUT2D eigenvalue weighted by molar-refractivity contribution is 5.93. The van der Waals surface area contributed by atoms with Gasteiger partial charge < -0.3 is 10.2 Å². The standard InChI is InChI=1S/C18H20N6O/c1-13(18(25)19-15-9-11-16(12-10-15)23(2)3)24-21-17(20-22-24)14-7-5-4-6-8-14/h4-13H,1-3H3,(H,19,25). The topological polar surface area (TPSA) is 75.9 Å². The summed E-state index contributed by atoms with van der Waals surface area (Å²) in [4.78, 5) is 15.8. The van der Waals surface area contributed by atoms with Gasteiger partial charge in [-0.1, -0.05) is 30.3 Å². The van der Waals surface area contributed by atoms with Gasteiger partial charge in [-0.05, 0) is 36.4 Å². The fourth-order valence-electron chi connectivity index (χ4n) is 2.29. The Balaban J connectivity index is 1.69. The number of amides is 1. The first-order valence-electron chi connectivity index (χ1n) is 7.98. The van der Waals surface area contributed by atoms with Crippen molar-refractivity contribution in [2.45, 2.75) is 13.0 Å². The van der Waals surface area contributed by atoms with Crippen LogP contribution in [0, 0.1) is 0 Å². The fourth-order valence-corrected chi connectivity index (χ4v) is 2.29. The van der Waals surface area contributed by atoms with Crippen LogP contribution in [0.3, 0.4) is 0 Å². The average Bonchev–Trinajstić information content (AvgIpc) is 3.12. The van der Waals surface area contributed by atoms with E-state index >= 15 is 0 Å². The molecular weight excluding hydrogens is 316 g/mol.